The van der Waals surface area contributed by atoms with Crippen LogP contribution < -0.4 is 0 Å². The summed E-state index contributed by atoms with van der Waals surface area (Å²) in [5.74, 6) is 0. The minimum absolute atomic E-state index is 0.812. The van der Waals surface area contributed by atoms with Gasteiger partial charge >= 0.3 is 0 Å². The Morgan fingerprint density at radius 1 is 0.144 bits per heavy atom. The van der Waals surface area contributed by atoms with Gasteiger partial charge in [0.05, 0.1) is 106 Å². The highest BCUT2D eigenvalue weighted by atomic mass is 14.8. The van der Waals surface area contributed by atoms with Crippen molar-refractivity contribution < 1.29 is 0 Å². The molecule has 23 aromatic rings. The first kappa shape index (κ1) is 67.5. The zero-order valence-electron chi connectivity index (χ0n) is 63.2. The van der Waals surface area contributed by atoms with Crippen molar-refractivity contribution in [3.05, 3.63) is 377 Å². The summed E-state index contributed by atoms with van der Waals surface area (Å²) in [6.45, 7) is 0. The third-order valence-corrected chi connectivity index (χ3v) is 22.8. The maximum Gasteiger partial charge on any atom is 0.0972 e. The molecule has 0 radical (unpaired) electrons. The van der Waals surface area contributed by atoms with E-state index in [0.717, 1.165) is 244 Å². The lowest BCUT2D eigenvalue weighted by atomic mass is 9.96. The lowest BCUT2D eigenvalue weighted by molar-refractivity contribution is 1.31. The second-order valence-corrected chi connectivity index (χ2v) is 30.0. The molecule has 0 atom stereocenters. The van der Waals surface area contributed by atoms with Crippen molar-refractivity contribution in [3.8, 4) is 135 Å². The van der Waals surface area contributed by atoms with Gasteiger partial charge in [-0.25, -0.2) is 34.9 Å². The van der Waals surface area contributed by atoms with Gasteiger partial charge < -0.3 is 0 Å². The van der Waals surface area contributed by atoms with E-state index in [-0.39, 0.29) is 0 Å². The molecule has 0 fully saturated rings. The zero-order chi connectivity index (χ0) is 77.7. The van der Waals surface area contributed by atoms with Gasteiger partial charge in [0.1, 0.15) is 0 Å². The third kappa shape index (κ3) is 12.3. The van der Waals surface area contributed by atoms with E-state index in [1.165, 1.54) is 0 Å². The minimum atomic E-state index is 0.812. The summed E-state index contributed by atoms with van der Waals surface area (Å²) in [5, 5.41) is 10.4. The molecule has 12 heteroatoms. The van der Waals surface area contributed by atoms with Crippen LogP contribution in [0, 0.1) is 0 Å². The minimum Gasteiger partial charge on any atom is -0.256 e. The Bertz CT molecular complexity index is 8090. The van der Waals surface area contributed by atoms with Crippen LogP contribution in [-0.2, 0) is 0 Å². The molecule has 12 heterocycles. The number of pyridine rings is 12. The van der Waals surface area contributed by atoms with Gasteiger partial charge in [-0.1, -0.05) is 200 Å². The third-order valence-electron chi connectivity index (χ3n) is 22.8. The summed E-state index contributed by atoms with van der Waals surface area (Å²) < 4.78 is 0. The van der Waals surface area contributed by atoms with Crippen LogP contribution in [0.3, 0.4) is 0 Å². The van der Waals surface area contributed by atoms with E-state index < -0.39 is 0 Å². The summed E-state index contributed by atoms with van der Waals surface area (Å²) in [6.07, 6.45) is 9.30. The Morgan fingerprint density at radius 3 is 0.856 bits per heavy atom. The predicted octanol–water partition coefficient (Wildman–Crippen LogP) is 26.0. The monoisotopic (exact) mass is 1500 g/mol. The van der Waals surface area contributed by atoms with E-state index in [1.807, 2.05) is 67.4 Å². The average molecular weight is 1500 g/mol. The van der Waals surface area contributed by atoms with E-state index in [9.17, 15) is 0 Å². The standard InChI is InChI=1S/C106H62N12/c1-2-47-107-88(18-1)83-54-84(56-85(55-83)96-43-34-66-22-30-74(61-100(66)115-96)73-29-21-65-32-41-91(113-99(65)60-73)76-10-4-13-79(52-76)94-45-36-70-26-24-68-16-7-49-109-102(68)104(70)117-94)89-39-38-82(62-111-89)87-57-81-37-46-95(118-105(81)106-86(87)17-8-50-110-106)80-14-5-11-77(53-80)92-42-33-64-20-28-72(59-98(64)114-92)71-27-19-63-31-40-90(112-97(63)58-71)75-9-3-12-78(51-75)93-44-35-69-25-23-67-15-6-48-108-101(67)103(69)116-93/h1-62H. The van der Waals surface area contributed by atoms with Crippen LogP contribution in [0.4, 0.5) is 0 Å². The van der Waals surface area contributed by atoms with E-state index in [2.05, 4.69) is 319 Å². The molecular formula is C106H62N12. The largest absolute Gasteiger partial charge is 0.256 e. The number of hydrogen-bond acceptors (Lipinski definition) is 12. The van der Waals surface area contributed by atoms with Crippen LogP contribution >= 0.6 is 0 Å². The number of rotatable bonds is 12. The maximum atomic E-state index is 5.39. The van der Waals surface area contributed by atoms with Crippen LogP contribution in [0.15, 0.2) is 377 Å². The van der Waals surface area contributed by atoms with Crippen LogP contribution in [0.2, 0.25) is 0 Å². The summed E-state index contributed by atoms with van der Waals surface area (Å²) in [4.78, 5) is 61.3. The molecule has 0 saturated heterocycles. The topological polar surface area (TPSA) is 155 Å². The number of nitrogens with zero attached hydrogens (tertiary/aromatic N) is 12. The summed E-state index contributed by atoms with van der Waals surface area (Å²) in [7, 11) is 0. The molecule has 0 bridgehead atoms. The fourth-order valence-corrected chi connectivity index (χ4v) is 16.7. The Kier molecular flexibility index (Phi) is 16.0. The van der Waals surface area contributed by atoms with Crippen molar-refractivity contribution in [1.82, 2.24) is 59.8 Å². The molecule has 0 saturated carbocycles. The van der Waals surface area contributed by atoms with E-state index >= 15 is 0 Å². The van der Waals surface area contributed by atoms with Crippen molar-refractivity contribution in [2.75, 3.05) is 0 Å². The molecule has 546 valence electrons. The number of benzene rings is 11. The fourth-order valence-electron chi connectivity index (χ4n) is 16.7. The molecular weight excluding hydrogens is 1440 g/mol. The molecule has 12 aromatic heterocycles. The van der Waals surface area contributed by atoms with Crippen LogP contribution in [0.5, 0.6) is 0 Å². The van der Waals surface area contributed by atoms with Gasteiger partial charge in [-0.05, 0) is 173 Å². The van der Waals surface area contributed by atoms with Gasteiger partial charge in [0.15, 0.2) is 0 Å². The lowest BCUT2D eigenvalue weighted by Gasteiger charge is -2.13. The van der Waals surface area contributed by atoms with Gasteiger partial charge in [-0.3, -0.25) is 24.9 Å². The van der Waals surface area contributed by atoms with Gasteiger partial charge in [-0.2, -0.15) is 0 Å². The fraction of sp³-hybridized carbons (Fsp3) is 0. The van der Waals surface area contributed by atoms with E-state index in [4.69, 9.17) is 49.8 Å². The van der Waals surface area contributed by atoms with Crippen molar-refractivity contribution in [2.45, 2.75) is 0 Å². The highest BCUT2D eigenvalue weighted by Gasteiger charge is 2.19. The van der Waals surface area contributed by atoms with Crippen molar-refractivity contribution in [3.63, 3.8) is 0 Å². The molecule has 0 spiro atoms. The molecule has 0 aliphatic heterocycles. The van der Waals surface area contributed by atoms with Gasteiger partial charge in [0.25, 0.3) is 0 Å². The van der Waals surface area contributed by atoms with Gasteiger partial charge in [0.2, 0.25) is 0 Å². The molecule has 0 amide bonds. The summed E-state index contributed by atoms with van der Waals surface area (Å²) >= 11 is 0. The van der Waals surface area contributed by atoms with Crippen LogP contribution in [0.1, 0.15) is 0 Å². The number of fused-ring (bicyclic) bond motifs is 13. The first-order valence-corrected chi connectivity index (χ1v) is 39.3. The molecule has 118 heavy (non-hydrogen) atoms. The molecule has 12 nitrogen and oxygen atoms in total. The van der Waals surface area contributed by atoms with E-state index in [1.54, 1.807) is 0 Å². The first-order chi connectivity index (χ1) is 58.3. The Balaban J connectivity index is 0.509. The lowest BCUT2D eigenvalue weighted by Crippen LogP contribution is -1.93. The highest BCUT2D eigenvalue weighted by Crippen LogP contribution is 2.41. The second-order valence-electron chi connectivity index (χ2n) is 30.0. The van der Waals surface area contributed by atoms with Crippen molar-refractivity contribution in [2.24, 2.45) is 0 Å². The smallest absolute Gasteiger partial charge is 0.0972 e. The van der Waals surface area contributed by atoms with Crippen molar-refractivity contribution >= 4 is 109 Å². The maximum absolute atomic E-state index is 5.39. The average Bonchev–Trinajstić information content (AvgIpc) is 0.747. The first-order valence-electron chi connectivity index (χ1n) is 39.3. The predicted molar refractivity (Wildman–Crippen MR) is 480 cm³/mol. The van der Waals surface area contributed by atoms with Crippen molar-refractivity contribution in [1.29, 1.82) is 0 Å². The number of hydrogen-bond donors (Lipinski definition) is 0. The Morgan fingerprint density at radius 2 is 0.449 bits per heavy atom. The highest BCUT2D eigenvalue weighted by molar-refractivity contribution is 6.11. The quantitative estimate of drug-likeness (QED) is 0.107. The Labute approximate surface area is 676 Å². The van der Waals surface area contributed by atoms with Crippen LogP contribution in [-0.4, -0.2) is 59.8 Å². The SMILES string of the molecule is c1ccc(-c2cc(-c3ccc(-c4cc5ccc(-c6cccc(-c7ccc8ccc(-c9ccc%10ccc(-c%11cccc(-c%12ccc%13ccc%14cccnc%14c%13n%12)c%11)nc%10c9)cc8n7)c6)nc5c5ncccc45)cn3)cc(-c3ccc4ccc(-c5ccc6ccc(-c7cccc(-c8ccc9ccc%10cccnc%10c9n8)c7)nc6c5)cc4n3)c2)nc1. The summed E-state index contributed by atoms with van der Waals surface area (Å²) in [5.41, 5.74) is 31.6. The zero-order valence-corrected chi connectivity index (χ0v) is 63.2. The normalized spacial score (nSPS) is 11.7. The summed E-state index contributed by atoms with van der Waals surface area (Å²) in [6, 6.07) is 121. The molecule has 0 N–H and O–H groups in total. The molecule has 0 unspecified atom stereocenters. The van der Waals surface area contributed by atoms with Gasteiger partial charge in [-0.15, -0.1) is 0 Å². The van der Waals surface area contributed by atoms with E-state index in [0.29, 0.717) is 0 Å². The molecule has 0 aliphatic rings. The van der Waals surface area contributed by atoms with Gasteiger partial charge in [0, 0.05) is 140 Å². The number of aromatic nitrogens is 12. The second kappa shape index (κ2) is 27.9. The molecule has 23 rings (SSSR count). The Hall–Kier alpha value is -16.2. The molecule has 0 aliphatic carbocycles. The van der Waals surface area contributed by atoms with Crippen LogP contribution in [0.25, 0.3) is 244 Å². The molecule has 11 aromatic carbocycles.